The molecule has 0 saturated carbocycles. The lowest BCUT2D eigenvalue weighted by Crippen LogP contribution is -2.44. The Labute approximate surface area is 125 Å². The van der Waals surface area contributed by atoms with Crippen LogP contribution in [0.1, 0.15) is 23.2 Å². The zero-order chi connectivity index (χ0) is 15.7. The minimum atomic E-state index is -4.25. The summed E-state index contributed by atoms with van der Waals surface area (Å²) in [5, 5.41) is 0.803. The fraction of sp³-hybridized carbons (Fsp3) is 0.375. The van der Waals surface area contributed by atoms with Crippen molar-refractivity contribution in [3.63, 3.8) is 0 Å². The van der Waals surface area contributed by atoms with Gasteiger partial charge in [-0.2, -0.15) is 13.2 Å². The number of nitrogens with zero attached hydrogens (tertiary/aromatic N) is 2. The average Bonchev–Trinajstić information content (AvgIpc) is 2.53. The number of alkyl halides is 3. The van der Waals surface area contributed by atoms with Crippen LogP contribution in [0.5, 0.6) is 0 Å². The fourth-order valence-electron chi connectivity index (χ4n) is 2.88. The first-order valence-corrected chi connectivity index (χ1v) is 7.16. The van der Waals surface area contributed by atoms with E-state index in [2.05, 4.69) is 4.98 Å². The Morgan fingerprint density at radius 1 is 1.23 bits per heavy atom. The van der Waals surface area contributed by atoms with Crippen molar-refractivity contribution in [2.24, 2.45) is 5.92 Å². The number of halogens is 3. The summed E-state index contributed by atoms with van der Waals surface area (Å²) in [6.07, 6.45) is -2.22. The number of hydrogen-bond donors (Lipinski definition) is 0. The van der Waals surface area contributed by atoms with Crippen LogP contribution in [0.15, 0.2) is 36.5 Å². The quantitative estimate of drug-likeness (QED) is 0.805. The minimum Gasteiger partial charge on any atom is -0.338 e. The molecule has 0 unspecified atom stereocenters. The average molecular weight is 308 g/mol. The Hall–Kier alpha value is -2.11. The number of carbonyl (C=O) groups excluding carboxylic acids is 1. The second kappa shape index (κ2) is 5.59. The molecule has 1 aromatic heterocycles. The van der Waals surface area contributed by atoms with E-state index in [-0.39, 0.29) is 18.9 Å². The van der Waals surface area contributed by atoms with Crippen molar-refractivity contribution >= 4 is 16.8 Å². The third kappa shape index (κ3) is 2.77. The predicted octanol–water partition coefficient (Wildman–Crippen LogP) is 3.65. The second-order valence-corrected chi connectivity index (χ2v) is 5.51. The summed E-state index contributed by atoms with van der Waals surface area (Å²) in [7, 11) is 0. The normalized spacial score (nSPS) is 19.4. The standard InChI is InChI=1S/C16H15F3N2O/c17-16(18,19)12-6-3-9-21(10-12)15(22)13-7-1-4-11-5-2-8-20-14(11)13/h1-2,4-5,7-8,12H,3,6,9-10H2/t12-/m1/s1. The first kappa shape index (κ1) is 14.8. The van der Waals surface area contributed by atoms with Gasteiger partial charge in [-0.25, -0.2) is 0 Å². The highest BCUT2D eigenvalue weighted by atomic mass is 19.4. The van der Waals surface area contributed by atoms with Crippen LogP contribution in [0.4, 0.5) is 13.2 Å². The molecule has 22 heavy (non-hydrogen) atoms. The monoisotopic (exact) mass is 308 g/mol. The van der Waals surface area contributed by atoms with Gasteiger partial charge in [0, 0.05) is 24.7 Å². The largest absolute Gasteiger partial charge is 0.393 e. The molecule has 1 saturated heterocycles. The van der Waals surface area contributed by atoms with Gasteiger partial charge in [0.1, 0.15) is 0 Å². The smallest absolute Gasteiger partial charge is 0.338 e. The van der Waals surface area contributed by atoms with Crippen LogP contribution >= 0.6 is 0 Å². The van der Waals surface area contributed by atoms with Crippen LogP contribution in [-0.2, 0) is 0 Å². The summed E-state index contributed by atoms with van der Waals surface area (Å²) in [5.74, 6) is -1.81. The third-order valence-corrected chi connectivity index (χ3v) is 4.03. The van der Waals surface area contributed by atoms with E-state index < -0.39 is 12.1 Å². The van der Waals surface area contributed by atoms with Crippen LogP contribution in [0.3, 0.4) is 0 Å². The number of para-hydroxylation sites is 1. The lowest BCUT2D eigenvalue weighted by atomic mass is 9.96. The van der Waals surface area contributed by atoms with E-state index in [4.69, 9.17) is 0 Å². The lowest BCUT2D eigenvalue weighted by Gasteiger charge is -2.33. The number of hydrogen-bond acceptors (Lipinski definition) is 2. The maximum atomic E-state index is 12.9. The molecule has 1 aliphatic heterocycles. The molecule has 1 fully saturated rings. The highest BCUT2D eigenvalue weighted by Gasteiger charge is 2.42. The topological polar surface area (TPSA) is 33.2 Å². The van der Waals surface area contributed by atoms with Gasteiger partial charge in [0.05, 0.1) is 17.0 Å². The van der Waals surface area contributed by atoms with Gasteiger partial charge in [-0.1, -0.05) is 18.2 Å². The number of benzene rings is 1. The first-order valence-electron chi connectivity index (χ1n) is 7.16. The van der Waals surface area contributed by atoms with E-state index in [1.54, 1.807) is 24.4 Å². The fourth-order valence-corrected chi connectivity index (χ4v) is 2.88. The van der Waals surface area contributed by atoms with Gasteiger partial charge < -0.3 is 4.90 Å². The molecule has 6 heteroatoms. The number of fused-ring (bicyclic) bond motifs is 1. The van der Waals surface area contributed by atoms with Crippen LogP contribution in [0.2, 0.25) is 0 Å². The Morgan fingerprint density at radius 3 is 2.77 bits per heavy atom. The molecular weight excluding hydrogens is 293 g/mol. The van der Waals surface area contributed by atoms with E-state index in [1.807, 2.05) is 12.1 Å². The summed E-state index contributed by atoms with van der Waals surface area (Å²) in [5.41, 5.74) is 0.894. The minimum absolute atomic E-state index is 0.0844. The van der Waals surface area contributed by atoms with Crippen LogP contribution < -0.4 is 0 Å². The van der Waals surface area contributed by atoms with E-state index >= 15 is 0 Å². The van der Waals surface area contributed by atoms with Crippen molar-refractivity contribution in [3.8, 4) is 0 Å². The molecule has 1 amide bonds. The van der Waals surface area contributed by atoms with E-state index in [0.717, 1.165) is 5.39 Å². The number of pyridine rings is 1. The summed E-state index contributed by atoms with van der Waals surface area (Å²) in [4.78, 5) is 18.1. The van der Waals surface area contributed by atoms with Crippen LogP contribution in [0.25, 0.3) is 10.9 Å². The predicted molar refractivity (Wildman–Crippen MR) is 76.4 cm³/mol. The van der Waals surface area contributed by atoms with E-state index in [9.17, 15) is 18.0 Å². The molecule has 2 aromatic rings. The van der Waals surface area contributed by atoms with Gasteiger partial charge in [-0.05, 0) is 25.0 Å². The molecule has 1 aromatic carbocycles. The highest BCUT2D eigenvalue weighted by Crippen LogP contribution is 2.33. The van der Waals surface area contributed by atoms with E-state index in [1.165, 1.54) is 4.90 Å². The SMILES string of the molecule is O=C(c1cccc2cccnc12)N1CCC[C@@H](C(F)(F)F)C1. The molecule has 0 bridgehead atoms. The van der Waals surface area contributed by atoms with Gasteiger partial charge in [0.15, 0.2) is 0 Å². The summed E-state index contributed by atoms with van der Waals surface area (Å²) >= 11 is 0. The van der Waals surface area contributed by atoms with E-state index in [0.29, 0.717) is 24.0 Å². The van der Waals surface area contributed by atoms with Crippen molar-refractivity contribution in [3.05, 3.63) is 42.1 Å². The highest BCUT2D eigenvalue weighted by molar-refractivity contribution is 6.05. The van der Waals surface area contributed by atoms with Crippen molar-refractivity contribution in [1.29, 1.82) is 0 Å². The second-order valence-electron chi connectivity index (χ2n) is 5.51. The molecule has 0 radical (unpaired) electrons. The Balaban J connectivity index is 1.90. The molecule has 0 N–H and O–H groups in total. The molecule has 0 aliphatic carbocycles. The molecule has 3 rings (SSSR count). The molecule has 116 valence electrons. The van der Waals surface area contributed by atoms with Gasteiger partial charge >= 0.3 is 6.18 Å². The van der Waals surface area contributed by atoms with Gasteiger partial charge in [-0.15, -0.1) is 0 Å². The van der Waals surface area contributed by atoms with Gasteiger partial charge in [-0.3, -0.25) is 9.78 Å². The number of carbonyl (C=O) groups is 1. The Bertz CT molecular complexity index is 694. The summed E-state index contributed by atoms with van der Waals surface area (Å²) in [6, 6.07) is 8.76. The number of rotatable bonds is 1. The lowest BCUT2D eigenvalue weighted by molar-refractivity contribution is -0.184. The molecule has 2 heterocycles. The number of likely N-dealkylation sites (tertiary alicyclic amines) is 1. The molecule has 1 aliphatic rings. The molecule has 0 spiro atoms. The Morgan fingerprint density at radius 2 is 2.00 bits per heavy atom. The summed E-state index contributed by atoms with van der Waals surface area (Å²) < 4.78 is 38.6. The van der Waals surface area contributed by atoms with Gasteiger partial charge in [0.25, 0.3) is 5.91 Å². The molecule has 1 atom stereocenters. The maximum absolute atomic E-state index is 12.9. The number of amides is 1. The first-order chi connectivity index (χ1) is 10.5. The van der Waals surface area contributed by atoms with Crippen molar-refractivity contribution in [2.75, 3.05) is 13.1 Å². The molecular formula is C16H15F3N2O. The third-order valence-electron chi connectivity index (χ3n) is 4.03. The van der Waals surface area contributed by atoms with Crippen molar-refractivity contribution in [1.82, 2.24) is 9.88 Å². The molecule has 3 nitrogen and oxygen atoms in total. The van der Waals surface area contributed by atoms with Crippen molar-refractivity contribution < 1.29 is 18.0 Å². The zero-order valence-corrected chi connectivity index (χ0v) is 11.8. The zero-order valence-electron chi connectivity index (χ0n) is 11.8. The number of piperidine rings is 1. The van der Waals surface area contributed by atoms with Gasteiger partial charge in [0.2, 0.25) is 0 Å². The van der Waals surface area contributed by atoms with Crippen LogP contribution in [-0.4, -0.2) is 35.1 Å². The summed E-state index contributed by atoms with van der Waals surface area (Å²) in [6.45, 7) is 0.0835. The van der Waals surface area contributed by atoms with Crippen molar-refractivity contribution in [2.45, 2.75) is 19.0 Å². The Kier molecular flexibility index (Phi) is 3.76. The number of aromatic nitrogens is 1. The van der Waals surface area contributed by atoms with Crippen LogP contribution in [0, 0.1) is 5.92 Å². The maximum Gasteiger partial charge on any atom is 0.393 e.